The Morgan fingerprint density at radius 3 is 1.92 bits per heavy atom. The maximum absolute atomic E-state index is 6.31. The monoisotopic (exact) mass is 358 g/mol. The highest BCUT2D eigenvalue weighted by atomic mass is 28.4. The fourth-order valence-corrected chi connectivity index (χ4v) is 7.32. The maximum atomic E-state index is 6.31. The number of epoxide rings is 1. The molecule has 0 radical (unpaired) electrons. The number of fused-ring (bicyclic) bond motifs is 1. The minimum Gasteiger partial charge on any atom is -0.373 e. The smallest absolute Gasteiger partial charge is 0.373 e. The van der Waals surface area contributed by atoms with Crippen LogP contribution in [0, 0.1) is 11.8 Å². The predicted octanol–water partition coefficient (Wildman–Crippen LogP) is 4.80. The molecule has 1 aliphatic heterocycles. The Labute approximate surface area is 150 Å². The lowest BCUT2D eigenvalue weighted by Gasteiger charge is -2.36. The van der Waals surface area contributed by atoms with Crippen molar-refractivity contribution in [2.24, 2.45) is 11.8 Å². The molecule has 1 saturated carbocycles. The van der Waals surface area contributed by atoms with Gasteiger partial charge in [0.2, 0.25) is 0 Å². The van der Waals surface area contributed by atoms with Crippen LogP contribution in [0.4, 0.5) is 0 Å². The van der Waals surface area contributed by atoms with Gasteiger partial charge in [0.25, 0.3) is 0 Å². The summed E-state index contributed by atoms with van der Waals surface area (Å²) in [5.74, 6) is 1.37. The van der Waals surface area contributed by atoms with E-state index < -0.39 is 8.80 Å². The Kier molecular flexibility index (Phi) is 8.71. The van der Waals surface area contributed by atoms with Crippen LogP contribution in [0.2, 0.25) is 6.04 Å². The highest BCUT2D eigenvalue weighted by Crippen LogP contribution is 2.45. The van der Waals surface area contributed by atoms with Gasteiger partial charge in [-0.15, -0.1) is 0 Å². The summed E-state index contributed by atoms with van der Waals surface area (Å²) in [6.45, 7) is 11.0. The number of hydrogen-bond donors (Lipinski definition) is 0. The molecule has 1 heterocycles. The first-order valence-electron chi connectivity index (χ1n) is 10.2. The first-order valence-corrected chi connectivity index (χ1v) is 12.2. The molecule has 0 aromatic rings. The average Bonchev–Trinajstić information content (AvgIpc) is 3.39. The second-order valence-electron chi connectivity index (χ2n) is 7.39. The molecule has 2 fully saturated rings. The van der Waals surface area contributed by atoms with E-state index in [0.717, 1.165) is 51.0 Å². The molecule has 0 aromatic carbocycles. The minimum absolute atomic E-state index is 0.540. The van der Waals surface area contributed by atoms with E-state index in [1.807, 2.05) is 0 Å². The van der Waals surface area contributed by atoms with E-state index in [9.17, 15) is 0 Å². The van der Waals surface area contributed by atoms with Gasteiger partial charge >= 0.3 is 8.80 Å². The normalized spacial score (nSPS) is 27.8. The molecule has 1 aliphatic carbocycles. The fraction of sp³-hybridized carbons (Fsp3) is 1.00. The molecule has 0 spiro atoms. The topological polar surface area (TPSA) is 40.2 Å². The first-order chi connectivity index (χ1) is 11.7. The van der Waals surface area contributed by atoms with Crippen molar-refractivity contribution < 1.29 is 18.0 Å². The molecule has 1 saturated heterocycles. The first kappa shape index (κ1) is 20.4. The van der Waals surface area contributed by atoms with Gasteiger partial charge in [-0.3, -0.25) is 0 Å². The third kappa shape index (κ3) is 5.80. The summed E-state index contributed by atoms with van der Waals surface area (Å²) >= 11 is 0. The summed E-state index contributed by atoms with van der Waals surface area (Å²) in [5.41, 5.74) is 0. The van der Waals surface area contributed by atoms with E-state index in [0.29, 0.717) is 18.1 Å². The Morgan fingerprint density at radius 1 is 0.875 bits per heavy atom. The molecular formula is C19H38O4Si. The summed E-state index contributed by atoms with van der Waals surface area (Å²) in [6, 6.07) is 0.978. The molecule has 2 rings (SSSR count). The zero-order chi connectivity index (χ0) is 17.4. The molecule has 0 N–H and O–H groups in total. The van der Waals surface area contributed by atoms with Crippen molar-refractivity contribution in [2.75, 3.05) is 19.8 Å². The molecule has 4 unspecified atom stereocenters. The van der Waals surface area contributed by atoms with Crippen LogP contribution in [0.1, 0.15) is 72.6 Å². The van der Waals surface area contributed by atoms with Crippen molar-refractivity contribution in [3.05, 3.63) is 0 Å². The van der Waals surface area contributed by atoms with Crippen LogP contribution < -0.4 is 0 Å². The van der Waals surface area contributed by atoms with E-state index in [4.69, 9.17) is 18.0 Å². The third-order valence-corrected chi connectivity index (χ3v) is 8.28. The summed E-state index contributed by atoms with van der Waals surface area (Å²) in [6.07, 6.45) is 9.08. The Hall–Kier alpha value is 0.0569. The van der Waals surface area contributed by atoms with Crippen molar-refractivity contribution in [2.45, 2.75) is 90.9 Å². The Bertz CT molecular complexity index is 330. The molecule has 4 atom stereocenters. The molecule has 142 valence electrons. The standard InChI is InChI=1S/C19H38O4Si/c1-5-11-20-24(21-12-6-2,22-13-7-3)15-16(8-4)17-9-10-18-19(14-17)23-18/h16-19H,5-15H2,1-4H3. The van der Waals surface area contributed by atoms with E-state index in [1.54, 1.807) is 0 Å². The lowest BCUT2D eigenvalue weighted by Crippen LogP contribution is -2.49. The maximum Gasteiger partial charge on any atom is 0.501 e. The summed E-state index contributed by atoms with van der Waals surface area (Å²) in [4.78, 5) is 0. The quantitative estimate of drug-likeness (QED) is 0.350. The lowest BCUT2D eigenvalue weighted by atomic mass is 9.80. The van der Waals surface area contributed by atoms with Crippen molar-refractivity contribution in [3.63, 3.8) is 0 Å². The third-order valence-electron chi connectivity index (χ3n) is 5.33. The predicted molar refractivity (Wildman–Crippen MR) is 99.1 cm³/mol. The van der Waals surface area contributed by atoms with Crippen molar-refractivity contribution >= 4 is 8.80 Å². The van der Waals surface area contributed by atoms with Crippen LogP contribution in [0.15, 0.2) is 0 Å². The molecule has 5 heteroatoms. The van der Waals surface area contributed by atoms with Crippen molar-refractivity contribution in [3.8, 4) is 0 Å². The van der Waals surface area contributed by atoms with Gasteiger partial charge in [0, 0.05) is 25.9 Å². The van der Waals surface area contributed by atoms with Gasteiger partial charge in [0.05, 0.1) is 12.2 Å². The average molecular weight is 359 g/mol. The molecule has 0 aromatic heterocycles. The SMILES string of the molecule is CCCO[Si](CC(CC)C1CCC2OC2C1)(OCCC)OCCC. The van der Waals surface area contributed by atoms with Crippen LogP contribution >= 0.6 is 0 Å². The van der Waals surface area contributed by atoms with Crippen LogP contribution in [0.3, 0.4) is 0 Å². The van der Waals surface area contributed by atoms with Gasteiger partial charge in [0.1, 0.15) is 0 Å². The van der Waals surface area contributed by atoms with E-state index >= 15 is 0 Å². The summed E-state index contributed by atoms with van der Waals surface area (Å²) in [7, 11) is -2.58. The number of ether oxygens (including phenoxy) is 1. The highest BCUT2D eigenvalue weighted by molar-refractivity contribution is 6.60. The lowest BCUT2D eigenvalue weighted by molar-refractivity contribution is 0.0510. The van der Waals surface area contributed by atoms with Gasteiger partial charge in [-0.2, -0.15) is 0 Å². The van der Waals surface area contributed by atoms with Gasteiger partial charge in [0.15, 0.2) is 0 Å². The fourth-order valence-electron chi connectivity index (χ4n) is 3.90. The van der Waals surface area contributed by atoms with E-state index in [1.165, 1.54) is 25.7 Å². The van der Waals surface area contributed by atoms with Crippen LogP contribution in [0.5, 0.6) is 0 Å². The van der Waals surface area contributed by atoms with Gasteiger partial charge < -0.3 is 18.0 Å². The Balaban J connectivity index is 2.03. The second-order valence-corrected chi connectivity index (χ2v) is 10.0. The number of rotatable bonds is 13. The largest absolute Gasteiger partial charge is 0.501 e. The summed E-state index contributed by atoms with van der Waals surface area (Å²) in [5, 5.41) is 0. The second kappa shape index (κ2) is 10.3. The van der Waals surface area contributed by atoms with Crippen LogP contribution in [-0.2, 0) is 18.0 Å². The number of hydrogen-bond acceptors (Lipinski definition) is 4. The van der Waals surface area contributed by atoms with E-state index in [2.05, 4.69) is 27.7 Å². The minimum atomic E-state index is -2.58. The molecule has 4 nitrogen and oxygen atoms in total. The van der Waals surface area contributed by atoms with Crippen LogP contribution in [-0.4, -0.2) is 40.8 Å². The van der Waals surface area contributed by atoms with Crippen molar-refractivity contribution in [1.29, 1.82) is 0 Å². The Morgan fingerprint density at radius 2 is 1.46 bits per heavy atom. The van der Waals surface area contributed by atoms with Gasteiger partial charge in [-0.1, -0.05) is 34.1 Å². The zero-order valence-electron chi connectivity index (χ0n) is 16.2. The molecule has 24 heavy (non-hydrogen) atoms. The molecular weight excluding hydrogens is 320 g/mol. The van der Waals surface area contributed by atoms with Crippen molar-refractivity contribution in [1.82, 2.24) is 0 Å². The molecule has 0 bridgehead atoms. The van der Waals surface area contributed by atoms with Crippen LogP contribution in [0.25, 0.3) is 0 Å². The molecule has 0 amide bonds. The highest BCUT2D eigenvalue weighted by Gasteiger charge is 2.49. The van der Waals surface area contributed by atoms with Gasteiger partial charge in [-0.05, 0) is 50.4 Å². The molecule has 2 aliphatic rings. The van der Waals surface area contributed by atoms with Gasteiger partial charge in [-0.25, -0.2) is 0 Å². The zero-order valence-corrected chi connectivity index (χ0v) is 17.2. The summed E-state index contributed by atoms with van der Waals surface area (Å²) < 4.78 is 24.7. The van der Waals surface area contributed by atoms with E-state index in [-0.39, 0.29) is 0 Å².